The van der Waals surface area contributed by atoms with Crippen LogP contribution in [0, 0.1) is 11.3 Å². The van der Waals surface area contributed by atoms with Gasteiger partial charge in [-0.15, -0.1) is 0 Å². The molecular formula is C24H20ClNO4S. The van der Waals surface area contributed by atoms with Crippen LogP contribution in [-0.2, 0) is 16.3 Å². The molecule has 0 atom stereocenters. The van der Waals surface area contributed by atoms with Gasteiger partial charge in [0.05, 0.1) is 18.6 Å². The zero-order chi connectivity index (χ0) is 22.3. The first-order valence-electron chi connectivity index (χ1n) is 9.42. The van der Waals surface area contributed by atoms with Gasteiger partial charge in [0.2, 0.25) is 9.84 Å². The lowest BCUT2D eigenvalue weighted by molar-refractivity contribution is 0.297. The second kappa shape index (κ2) is 10.2. The number of sulfone groups is 1. The Bertz CT molecular complexity index is 1210. The van der Waals surface area contributed by atoms with Crippen molar-refractivity contribution >= 4 is 27.5 Å². The molecule has 3 rings (SSSR count). The standard InChI is InChI=1S/C24H20ClNO4S/c1-29-23-9-5-8-19(24(23)30-15-14-18-6-3-2-4-7-18)16-22(17-26)31(27,28)21-12-10-20(25)11-13-21/h2-13,16H,14-15H2,1H3. The third-order valence-electron chi connectivity index (χ3n) is 4.52. The Balaban J connectivity index is 1.94. The molecule has 3 aromatic rings. The third kappa shape index (κ3) is 5.46. The Hall–Kier alpha value is -3.27. The number of halogens is 1. The minimum absolute atomic E-state index is 0.0147. The smallest absolute Gasteiger partial charge is 0.216 e. The summed E-state index contributed by atoms with van der Waals surface area (Å²) in [7, 11) is -2.52. The van der Waals surface area contributed by atoms with E-state index < -0.39 is 14.7 Å². The van der Waals surface area contributed by atoms with E-state index >= 15 is 0 Å². The molecule has 0 heterocycles. The molecule has 0 saturated heterocycles. The van der Waals surface area contributed by atoms with Crippen LogP contribution < -0.4 is 9.47 Å². The summed E-state index contributed by atoms with van der Waals surface area (Å²) >= 11 is 5.85. The molecule has 0 spiro atoms. The third-order valence-corrected chi connectivity index (χ3v) is 6.45. The molecule has 0 aliphatic carbocycles. The van der Waals surface area contributed by atoms with E-state index in [9.17, 15) is 13.7 Å². The number of nitriles is 1. The Labute approximate surface area is 187 Å². The van der Waals surface area contributed by atoms with Crippen LogP contribution in [-0.4, -0.2) is 22.1 Å². The van der Waals surface area contributed by atoms with Gasteiger partial charge in [0.25, 0.3) is 0 Å². The van der Waals surface area contributed by atoms with Gasteiger partial charge in [-0.1, -0.05) is 54.1 Å². The number of allylic oxidation sites excluding steroid dienone is 1. The highest BCUT2D eigenvalue weighted by Crippen LogP contribution is 2.34. The van der Waals surface area contributed by atoms with Gasteiger partial charge in [0.15, 0.2) is 11.5 Å². The molecular weight excluding hydrogens is 434 g/mol. The van der Waals surface area contributed by atoms with Crippen LogP contribution in [0.1, 0.15) is 11.1 Å². The predicted octanol–water partition coefficient (Wildman–Crippen LogP) is 5.31. The van der Waals surface area contributed by atoms with E-state index in [0.29, 0.717) is 35.1 Å². The zero-order valence-electron chi connectivity index (χ0n) is 16.8. The van der Waals surface area contributed by atoms with Crippen LogP contribution >= 0.6 is 11.6 Å². The predicted molar refractivity (Wildman–Crippen MR) is 121 cm³/mol. The summed E-state index contributed by atoms with van der Waals surface area (Å²) in [5.41, 5.74) is 1.54. The van der Waals surface area contributed by atoms with Crippen molar-refractivity contribution in [2.75, 3.05) is 13.7 Å². The van der Waals surface area contributed by atoms with E-state index in [1.165, 1.54) is 37.5 Å². The maximum atomic E-state index is 12.9. The number of ether oxygens (including phenoxy) is 2. The topological polar surface area (TPSA) is 76.4 Å². The van der Waals surface area contributed by atoms with Crippen LogP contribution in [0.2, 0.25) is 5.02 Å². The molecule has 0 aliphatic heterocycles. The van der Waals surface area contributed by atoms with Crippen molar-refractivity contribution in [3.63, 3.8) is 0 Å². The van der Waals surface area contributed by atoms with Gasteiger partial charge >= 0.3 is 0 Å². The van der Waals surface area contributed by atoms with Crippen molar-refractivity contribution in [3.8, 4) is 17.6 Å². The minimum atomic E-state index is -4.02. The number of hydrogen-bond acceptors (Lipinski definition) is 5. The average Bonchev–Trinajstić information content (AvgIpc) is 2.79. The van der Waals surface area contributed by atoms with E-state index in [1.54, 1.807) is 24.3 Å². The molecule has 0 bridgehead atoms. The van der Waals surface area contributed by atoms with E-state index in [4.69, 9.17) is 21.1 Å². The van der Waals surface area contributed by atoms with Crippen molar-refractivity contribution in [2.45, 2.75) is 11.3 Å². The van der Waals surface area contributed by atoms with Gasteiger partial charge in [0.1, 0.15) is 11.0 Å². The minimum Gasteiger partial charge on any atom is -0.493 e. The number of nitrogens with zero attached hydrogens (tertiary/aromatic N) is 1. The van der Waals surface area contributed by atoms with E-state index in [0.717, 1.165) is 5.56 Å². The van der Waals surface area contributed by atoms with Crippen LogP contribution in [0.4, 0.5) is 0 Å². The van der Waals surface area contributed by atoms with Crippen molar-refractivity contribution in [1.29, 1.82) is 5.26 Å². The van der Waals surface area contributed by atoms with Crippen LogP contribution in [0.3, 0.4) is 0 Å². The normalized spacial score (nSPS) is 11.6. The molecule has 0 fully saturated rings. The number of methoxy groups -OCH3 is 1. The summed E-state index contributed by atoms with van der Waals surface area (Å²) in [6.07, 6.45) is 1.96. The van der Waals surface area contributed by atoms with Gasteiger partial charge in [0, 0.05) is 17.0 Å². The maximum absolute atomic E-state index is 12.9. The molecule has 31 heavy (non-hydrogen) atoms. The Kier molecular flexibility index (Phi) is 7.35. The first-order chi connectivity index (χ1) is 15.0. The van der Waals surface area contributed by atoms with Crippen LogP contribution in [0.15, 0.2) is 82.6 Å². The highest BCUT2D eigenvalue weighted by atomic mass is 35.5. The van der Waals surface area contributed by atoms with Crippen molar-refractivity contribution in [2.24, 2.45) is 0 Å². The largest absolute Gasteiger partial charge is 0.493 e. The van der Waals surface area contributed by atoms with Crippen molar-refractivity contribution in [1.82, 2.24) is 0 Å². The average molecular weight is 454 g/mol. The molecule has 3 aromatic carbocycles. The first kappa shape index (κ1) is 22.4. The Morgan fingerprint density at radius 1 is 1.03 bits per heavy atom. The SMILES string of the molecule is COc1cccc(C=C(C#N)S(=O)(=O)c2ccc(Cl)cc2)c1OCCc1ccccc1. The molecule has 0 radical (unpaired) electrons. The van der Waals surface area contributed by atoms with Gasteiger partial charge < -0.3 is 9.47 Å². The fourth-order valence-corrected chi connectivity index (χ4v) is 4.21. The summed E-state index contributed by atoms with van der Waals surface area (Å²) in [4.78, 5) is -0.421. The van der Waals surface area contributed by atoms with E-state index in [1.807, 2.05) is 30.3 Å². The monoisotopic (exact) mass is 453 g/mol. The summed E-state index contributed by atoms with van der Waals surface area (Å²) in [5.74, 6) is 0.822. The molecule has 5 nitrogen and oxygen atoms in total. The fourth-order valence-electron chi connectivity index (χ4n) is 2.93. The zero-order valence-corrected chi connectivity index (χ0v) is 18.4. The quantitative estimate of drug-likeness (QED) is 0.432. The van der Waals surface area contributed by atoms with Gasteiger partial charge in [-0.2, -0.15) is 5.26 Å². The fraction of sp³-hybridized carbons (Fsp3) is 0.125. The Morgan fingerprint density at radius 2 is 1.74 bits per heavy atom. The molecule has 0 amide bonds. The van der Waals surface area contributed by atoms with E-state index in [-0.39, 0.29) is 4.90 Å². The van der Waals surface area contributed by atoms with Gasteiger partial charge in [-0.05, 0) is 42.0 Å². The van der Waals surface area contributed by atoms with Crippen molar-refractivity contribution < 1.29 is 17.9 Å². The second-order valence-corrected chi connectivity index (χ2v) is 8.89. The van der Waals surface area contributed by atoms with Crippen LogP contribution in [0.5, 0.6) is 11.5 Å². The van der Waals surface area contributed by atoms with E-state index in [2.05, 4.69) is 0 Å². The number of hydrogen-bond donors (Lipinski definition) is 0. The second-order valence-electron chi connectivity index (χ2n) is 6.54. The van der Waals surface area contributed by atoms with Gasteiger partial charge in [-0.3, -0.25) is 0 Å². The lowest BCUT2D eigenvalue weighted by Crippen LogP contribution is -2.06. The van der Waals surface area contributed by atoms with Crippen LogP contribution in [0.25, 0.3) is 6.08 Å². The highest BCUT2D eigenvalue weighted by molar-refractivity contribution is 7.95. The molecule has 0 saturated carbocycles. The summed E-state index contributed by atoms with van der Waals surface area (Å²) in [6, 6.07) is 22.4. The maximum Gasteiger partial charge on any atom is 0.216 e. The first-order valence-corrected chi connectivity index (χ1v) is 11.3. The lowest BCUT2D eigenvalue weighted by atomic mass is 10.1. The molecule has 0 aromatic heterocycles. The highest BCUT2D eigenvalue weighted by Gasteiger charge is 2.22. The molecule has 7 heteroatoms. The molecule has 0 N–H and O–H groups in total. The molecule has 158 valence electrons. The van der Waals surface area contributed by atoms with Gasteiger partial charge in [-0.25, -0.2) is 8.42 Å². The van der Waals surface area contributed by atoms with Crippen molar-refractivity contribution in [3.05, 3.63) is 93.9 Å². The number of para-hydroxylation sites is 1. The molecule has 0 unspecified atom stereocenters. The summed E-state index contributed by atoms with van der Waals surface area (Å²) in [6.45, 7) is 0.358. The lowest BCUT2D eigenvalue weighted by Gasteiger charge is -2.14. The number of rotatable bonds is 8. The summed E-state index contributed by atoms with van der Waals surface area (Å²) < 4.78 is 37.2. The number of benzene rings is 3. The molecule has 0 aliphatic rings. The summed E-state index contributed by atoms with van der Waals surface area (Å²) in [5, 5.41) is 9.99. The Morgan fingerprint density at radius 3 is 2.39 bits per heavy atom.